The largest absolute Gasteiger partial charge is 0.433 e. The lowest BCUT2D eigenvalue weighted by molar-refractivity contribution is -0.402. The van der Waals surface area contributed by atoms with Crippen molar-refractivity contribution in [1.29, 1.82) is 0 Å². The van der Waals surface area contributed by atoms with Crippen LogP contribution in [0.4, 0.5) is 5.88 Å². The Kier molecular flexibility index (Phi) is 5.19. The Bertz CT molecular complexity index is 806. The quantitative estimate of drug-likeness (QED) is 0.368. The van der Waals surface area contributed by atoms with Crippen molar-refractivity contribution in [3.05, 3.63) is 43.6 Å². The van der Waals surface area contributed by atoms with E-state index in [1.807, 2.05) is 13.8 Å². The molecule has 23 heavy (non-hydrogen) atoms. The summed E-state index contributed by atoms with van der Waals surface area (Å²) in [4.78, 5) is 15.3. The van der Waals surface area contributed by atoms with Gasteiger partial charge in [0.1, 0.15) is 15.7 Å². The van der Waals surface area contributed by atoms with Crippen LogP contribution in [0.1, 0.15) is 28.3 Å². The number of nitrogens with two attached hydrogens (primary N) is 1. The number of hydrogen-bond acceptors (Lipinski definition) is 7. The maximum Gasteiger partial charge on any atom is 0.433 e. The van der Waals surface area contributed by atoms with Gasteiger partial charge in [-0.1, -0.05) is 0 Å². The maximum absolute atomic E-state index is 10.6. The third kappa shape index (κ3) is 4.44. The summed E-state index contributed by atoms with van der Waals surface area (Å²) in [5.41, 5.74) is 9.38. The zero-order chi connectivity index (χ0) is 17.0. The number of aryl methyl sites for hydroxylation is 1. The topological polar surface area (TPSA) is 120 Å². The van der Waals surface area contributed by atoms with Crippen LogP contribution in [-0.2, 0) is 0 Å². The van der Waals surface area contributed by atoms with Gasteiger partial charge in [0.15, 0.2) is 5.11 Å². The molecular formula is C13H13N5O3S2. The Labute approximate surface area is 140 Å². The lowest BCUT2D eigenvalue weighted by Gasteiger charge is -1.98. The van der Waals surface area contributed by atoms with Crippen molar-refractivity contribution in [3.63, 3.8) is 0 Å². The molecule has 0 fully saturated rings. The minimum atomic E-state index is -0.586. The summed E-state index contributed by atoms with van der Waals surface area (Å²) in [6.45, 7) is 3.68. The van der Waals surface area contributed by atoms with Crippen LogP contribution in [0.3, 0.4) is 0 Å². The number of nitrogens with zero attached hydrogens (tertiary/aromatic N) is 3. The zero-order valence-electron chi connectivity index (χ0n) is 12.3. The second-order valence-electron chi connectivity index (χ2n) is 4.41. The molecule has 0 saturated heterocycles. The number of thiazole rings is 1. The van der Waals surface area contributed by atoms with Crippen molar-refractivity contribution in [2.24, 2.45) is 10.8 Å². The van der Waals surface area contributed by atoms with Crippen molar-refractivity contribution in [2.45, 2.75) is 13.8 Å². The smallest absolute Gasteiger partial charge is 0.401 e. The van der Waals surface area contributed by atoms with Crippen LogP contribution in [0.25, 0.3) is 12.2 Å². The molecule has 3 N–H and O–H groups in total. The summed E-state index contributed by atoms with van der Waals surface area (Å²) in [6.07, 6.45) is 3.34. The number of furan rings is 1. The number of thiocarbonyl (C=S) groups is 1. The fraction of sp³-hybridized carbons (Fsp3) is 0.154. The fourth-order valence-corrected chi connectivity index (χ4v) is 2.66. The number of rotatable bonds is 5. The zero-order valence-corrected chi connectivity index (χ0v) is 13.9. The molecule has 0 aromatic carbocycles. The van der Waals surface area contributed by atoms with Crippen LogP contribution in [0.2, 0.25) is 0 Å². The summed E-state index contributed by atoms with van der Waals surface area (Å²) >= 11 is 6.12. The van der Waals surface area contributed by atoms with E-state index in [0.717, 1.165) is 15.6 Å². The average molecular weight is 351 g/mol. The van der Waals surface area contributed by atoms with Gasteiger partial charge in [0.25, 0.3) is 0 Å². The summed E-state index contributed by atoms with van der Waals surface area (Å²) in [5, 5.41) is 15.4. The molecule has 2 heterocycles. The van der Waals surface area contributed by atoms with Crippen molar-refractivity contribution in [2.75, 3.05) is 0 Å². The van der Waals surface area contributed by atoms with Gasteiger partial charge in [-0.05, 0) is 44.3 Å². The van der Waals surface area contributed by atoms with Gasteiger partial charge in [-0.15, -0.1) is 11.3 Å². The first-order valence-corrected chi connectivity index (χ1v) is 7.59. The summed E-state index contributed by atoms with van der Waals surface area (Å²) < 4.78 is 5.05. The van der Waals surface area contributed by atoms with Crippen molar-refractivity contribution in [3.8, 4) is 0 Å². The van der Waals surface area contributed by atoms with E-state index >= 15 is 0 Å². The molecule has 2 rings (SSSR count). The lowest BCUT2D eigenvalue weighted by Crippen LogP contribution is -2.25. The van der Waals surface area contributed by atoms with E-state index in [1.54, 1.807) is 12.2 Å². The highest BCUT2D eigenvalue weighted by atomic mass is 32.1. The monoisotopic (exact) mass is 351 g/mol. The summed E-state index contributed by atoms with van der Waals surface area (Å²) in [6, 6.07) is 2.82. The molecule has 2 aromatic rings. The van der Waals surface area contributed by atoms with E-state index in [0.29, 0.717) is 11.5 Å². The molecule has 0 saturated carbocycles. The molecule has 120 valence electrons. The molecule has 0 atom stereocenters. The third-order valence-electron chi connectivity index (χ3n) is 2.66. The molecule has 0 amide bonds. The van der Waals surface area contributed by atoms with E-state index in [1.165, 1.54) is 23.5 Å². The van der Waals surface area contributed by atoms with Crippen LogP contribution >= 0.6 is 23.6 Å². The molecule has 0 radical (unpaired) electrons. The van der Waals surface area contributed by atoms with Crippen molar-refractivity contribution < 1.29 is 9.34 Å². The van der Waals surface area contributed by atoms with Gasteiger partial charge in [0, 0.05) is 0 Å². The number of hydrazone groups is 1. The maximum atomic E-state index is 10.6. The Balaban J connectivity index is 2.16. The second-order valence-corrected chi connectivity index (χ2v) is 5.88. The predicted molar refractivity (Wildman–Crippen MR) is 93.3 cm³/mol. The van der Waals surface area contributed by atoms with Gasteiger partial charge in [0.2, 0.25) is 0 Å². The Morgan fingerprint density at radius 2 is 2.30 bits per heavy atom. The van der Waals surface area contributed by atoms with Gasteiger partial charge >= 0.3 is 5.88 Å². The summed E-state index contributed by atoms with van der Waals surface area (Å²) in [7, 11) is 0. The lowest BCUT2D eigenvalue weighted by atomic mass is 10.3. The molecule has 10 heteroatoms. The van der Waals surface area contributed by atoms with Crippen LogP contribution in [0.5, 0.6) is 0 Å². The molecule has 0 bridgehead atoms. The molecular weight excluding hydrogens is 338 g/mol. The normalized spacial score (nSPS) is 11.8. The van der Waals surface area contributed by atoms with E-state index in [2.05, 4.69) is 15.5 Å². The SMILES string of the molecule is CC(=NNC(N)=S)c1sc(C=Cc2ccc([N+](=O)[O-])o2)nc1C. The number of nitro groups is 1. The highest BCUT2D eigenvalue weighted by Crippen LogP contribution is 2.22. The third-order valence-corrected chi connectivity index (χ3v) is 3.98. The van der Waals surface area contributed by atoms with E-state index in [4.69, 9.17) is 22.4 Å². The first kappa shape index (κ1) is 16.8. The molecule has 0 spiro atoms. The van der Waals surface area contributed by atoms with Gasteiger partial charge in [0.05, 0.1) is 22.3 Å². The molecule has 0 unspecified atom stereocenters. The van der Waals surface area contributed by atoms with Crippen molar-refractivity contribution >= 4 is 52.4 Å². The standard InChI is InChI=1S/C13H13N5O3S2/c1-7-12(8(2)16-17-13(14)22)23-10(15-7)5-3-9-4-6-11(21-9)18(19)20/h3-6H,1-2H3,(H3,14,17,22). The number of aromatic nitrogens is 1. The minimum absolute atomic E-state index is 0.0889. The van der Waals surface area contributed by atoms with E-state index in [-0.39, 0.29) is 11.0 Å². The molecule has 8 nitrogen and oxygen atoms in total. The molecule has 0 aliphatic carbocycles. The fourth-order valence-electron chi connectivity index (χ4n) is 1.70. The van der Waals surface area contributed by atoms with Crippen LogP contribution in [-0.4, -0.2) is 20.7 Å². The Morgan fingerprint density at radius 1 is 1.57 bits per heavy atom. The first-order chi connectivity index (χ1) is 10.9. The second kappa shape index (κ2) is 7.11. The van der Waals surface area contributed by atoms with Gasteiger partial charge in [-0.2, -0.15) is 5.10 Å². The van der Waals surface area contributed by atoms with Gasteiger partial charge in [-0.25, -0.2) is 4.98 Å². The van der Waals surface area contributed by atoms with Crippen molar-refractivity contribution in [1.82, 2.24) is 10.4 Å². The highest BCUT2D eigenvalue weighted by Gasteiger charge is 2.11. The van der Waals surface area contributed by atoms with Crippen LogP contribution in [0, 0.1) is 17.0 Å². The summed E-state index contributed by atoms with van der Waals surface area (Å²) in [5.74, 6) is 0.0825. The van der Waals surface area contributed by atoms with E-state index in [9.17, 15) is 10.1 Å². The molecule has 0 aliphatic rings. The molecule has 0 aliphatic heterocycles. The molecule has 2 aromatic heterocycles. The predicted octanol–water partition coefficient (Wildman–Crippen LogP) is 2.68. The Hall–Kier alpha value is -2.59. The highest BCUT2D eigenvalue weighted by molar-refractivity contribution is 7.80. The van der Waals surface area contributed by atoms with Gasteiger partial charge in [-0.3, -0.25) is 15.5 Å². The Morgan fingerprint density at radius 3 is 2.91 bits per heavy atom. The van der Waals surface area contributed by atoms with Crippen LogP contribution in [0.15, 0.2) is 21.7 Å². The number of hydrogen-bond donors (Lipinski definition) is 2. The number of nitrogens with one attached hydrogen (secondary N) is 1. The van der Waals surface area contributed by atoms with Crippen LogP contribution < -0.4 is 11.2 Å². The average Bonchev–Trinajstić information content (AvgIpc) is 3.09. The first-order valence-electron chi connectivity index (χ1n) is 6.36. The minimum Gasteiger partial charge on any atom is -0.401 e. The van der Waals surface area contributed by atoms with Gasteiger partial charge < -0.3 is 10.2 Å². The van der Waals surface area contributed by atoms with E-state index < -0.39 is 4.92 Å².